The van der Waals surface area contributed by atoms with Crippen LogP contribution in [0, 0.1) is 0 Å². The molecule has 0 spiro atoms. The molecule has 102 valence electrons. The van der Waals surface area contributed by atoms with Crippen molar-refractivity contribution in [3.63, 3.8) is 0 Å². The van der Waals surface area contributed by atoms with Crippen molar-refractivity contribution in [1.82, 2.24) is 10.9 Å². The summed E-state index contributed by atoms with van der Waals surface area (Å²) in [6, 6.07) is 5.89. The molecule has 0 bridgehead atoms. The molecule has 0 saturated heterocycles. The number of aromatic hydroxyl groups is 1. The number of hydrogen-bond donors (Lipinski definition) is 4. The zero-order valence-corrected chi connectivity index (χ0v) is 10.0. The maximum Gasteiger partial charge on any atom is 0.303 e. The highest BCUT2D eigenvalue weighted by atomic mass is 16.4. The Hall–Kier alpha value is -2.57. The number of nitrogens with one attached hydrogen (secondary N) is 2. The molecule has 0 radical (unpaired) electrons. The first-order valence-corrected chi connectivity index (χ1v) is 5.59. The first kappa shape index (κ1) is 14.5. The van der Waals surface area contributed by atoms with Gasteiger partial charge in [-0.15, -0.1) is 0 Å². The summed E-state index contributed by atoms with van der Waals surface area (Å²) in [6.07, 6.45) is 0.0712. The van der Waals surface area contributed by atoms with Crippen molar-refractivity contribution in [2.75, 3.05) is 0 Å². The van der Waals surface area contributed by atoms with Crippen molar-refractivity contribution in [3.8, 4) is 5.75 Å². The second kappa shape index (κ2) is 7.00. The van der Waals surface area contributed by atoms with Crippen LogP contribution < -0.4 is 10.9 Å². The standard InChI is InChI=1S/C12H14N2O5/c15-9-5-2-1-4-8(9)12(19)14-13-10(16)6-3-7-11(17)18/h1-2,4-5,15H,3,6-7H2,(H,13,16)(H,14,19)(H,17,18). The van der Waals surface area contributed by atoms with Crippen molar-refractivity contribution < 1.29 is 24.6 Å². The predicted molar refractivity (Wildman–Crippen MR) is 65.2 cm³/mol. The van der Waals surface area contributed by atoms with Crippen LogP contribution in [0.15, 0.2) is 24.3 Å². The fourth-order valence-corrected chi connectivity index (χ4v) is 1.32. The minimum absolute atomic E-state index is 0.00660. The topological polar surface area (TPSA) is 116 Å². The molecule has 0 aliphatic carbocycles. The average molecular weight is 266 g/mol. The molecular weight excluding hydrogens is 252 g/mol. The molecule has 7 heteroatoms. The van der Waals surface area contributed by atoms with Gasteiger partial charge in [-0.2, -0.15) is 0 Å². The molecule has 0 atom stereocenters. The van der Waals surface area contributed by atoms with E-state index >= 15 is 0 Å². The number of hydrogen-bond acceptors (Lipinski definition) is 4. The van der Waals surface area contributed by atoms with Crippen LogP contribution in [0.3, 0.4) is 0 Å². The Morgan fingerprint density at radius 3 is 2.37 bits per heavy atom. The molecule has 1 rings (SSSR count). The number of amides is 2. The SMILES string of the molecule is O=C(O)CCCC(=O)NNC(=O)c1ccccc1O. The fraction of sp³-hybridized carbons (Fsp3) is 0.250. The molecule has 0 aliphatic rings. The van der Waals surface area contributed by atoms with Crippen molar-refractivity contribution in [2.45, 2.75) is 19.3 Å². The quantitative estimate of drug-likeness (QED) is 0.576. The van der Waals surface area contributed by atoms with Crippen LogP contribution in [0.4, 0.5) is 0 Å². The largest absolute Gasteiger partial charge is 0.507 e. The van der Waals surface area contributed by atoms with Gasteiger partial charge in [-0.3, -0.25) is 25.2 Å². The Bertz CT molecular complexity index is 487. The summed E-state index contributed by atoms with van der Waals surface area (Å²) in [7, 11) is 0. The maximum absolute atomic E-state index is 11.6. The number of carbonyl (C=O) groups is 3. The number of rotatable bonds is 5. The molecule has 0 fully saturated rings. The summed E-state index contributed by atoms with van der Waals surface area (Å²) in [5, 5.41) is 17.8. The summed E-state index contributed by atoms with van der Waals surface area (Å²) < 4.78 is 0. The molecule has 0 aliphatic heterocycles. The summed E-state index contributed by atoms with van der Waals surface area (Å²) >= 11 is 0. The van der Waals surface area contributed by atoms with Gasteiger partial charge in [0.05, 0.1) is 5.56 Å². The number of phenolic OH excluding ortho intramolecular Hbond substituents is 1. The summed E-state index contributed by atoms with van der Waals surface area (Å²) in [4.78, 5) is 33.1. The van der Waals surface area contributed by atoms with Gasteiger partial charge in [-0.1, -0.05) is 12.1 Å². The molecule has 1 aromatic carbocycles. The molecule has 0 aromatic heterocycles. The Labute approximate surface area is 109 Å². The van der Waals surface area contributed by atoms with Crippen LogP contribution in [0.2, 0.25) is 0 Å². The van der Waals surface area contributed by atoms with Gasteiger partial charge in [-0.05, 0) is 18.6 Å². The van der Waals surface area contributed by atoms with E-state index in [4.69, 9.17) is 5.11 Å². The van der Waals surface area contributed by atoms with Crippen molar-refractivity contribution >= 4 is 17.8 Å². The summed E-state index contributed by atoms with van der Waals surface area (Å²) in [5.74, 6) is -2.32. The molecule has 0 saturated carbocycles. The van der Waals surface area contributed by atoms with Gasteiger partial charge in [0.1, 0.15) is 5.75 Å². The summed E-state index contributed by atoms with van der Waals surface area (Å²) in [6.45, 7) is 0. The number of aliphatic carboxylic acids is 1. The lowest BCUT2D eigenvalue weighted by Gasteiger charge is -2.07. The number of carboxylic acids is 1. The van der Waals surface area contributed by atoms with Gasteiger partial charge in [0, 0.05) is 12.8 Å². The number of para-hydroxylation sites is 1. The third kappa shape index (κ3) is 5.07. The molecule has 7 nitrogen and oxygen atoms in total. The Morgan fingerprint density at radius 1 is 1.05 bits per heavy atom. The van der Waals surface area contributed by atoms with Crippen molar-refractivity contribution in [3.05, 3.63) is 29.8 Å². The van der Waals surface area contributed by atoms with Gasteiger partial charge in [0.25, 0.3) is 5.91 Å². The monoisotopic (exact) mass is 266 g/mol. The van der Waals surface area contributed by atoms with Crippen LogP contribution in [0.25, 0.3) is 0 Å². The van der Waals surface area contributed by atoms with Gasteiger partial charge in [-0.25, -0.2) is 0 Å². The summed E-state index contributed by atoms with van der Waals surface area (Å²) in [5.41, 5.74) is 4.31. The van der Waals surface area contributed by atoms with Crippen LogP contribution in [0.5, 0.6) is 5.75 Å². The highest BCUT2D eigenvalue weighted by molar-refractivity contribution is 5.97. The second-order valence-corrected chi connectivity index (χ2v) is 3.77. The van der Waals surface area contributed by atoms with E-state index in [-0.39, 0.29) is 30.6 Å². The minimum atomic E-state index is -0.981. The molecule has 4 N–H and O–H groups in total. The Morgan fingerprint density at radius 2 is 1.74 bits per heavy atom. The number of carboxylic acid groups (broad SMARTS) is 1. The minimum Gasteiger partial charge on any atom is -0.507 e. The van der Waals surface area contributed by atoms with Gasteiger partial charge >= 0.3 is 5.97 Å². The van der Waals surface area contributed by atoms with E-state index in [1.807, 2.05) is 0 Å². The fourth-order valence-electron chi connectivity index (χ4n) is 1.32. The lowest BCUT2D eigenvalue weighted by molar-refractivity contribution is -0.137. The van der Waals surface area contributed by atoms with E-state index in [2.05, 4.69) is 10.9 Å². The number of phenols is 1. The Balaban J connectivity index is 2.36. The number of benzene rings is 1. The third-order valence-corrected chi connectivity index (χ3v) is 2.26. The predicted octanol–water partition coefficient (Wildman–Crippen LogP) is 0.408. The van der Waals surface area contributed by atoms with Crippen LogP contribution in [-0.2, 0) is 9.59 Å². The van der Waals surface area contributed by atoms with Crippen molar-refractivity contribution in [1.29, 1.82) is 0 Å². The maximum atomic E-state index is 11.6. The van der Waals surface area contributed by atoms with E-state index in [1.165, 1.54) is 12.1 Å². The zero-order chi connectivity index (χ0) is 14.3. The number of carbonyl (C=O) groups excluding carboxylic acids is 2. The van der Waals surface area contributed by atoms with Crippen LogP contribution in [-0.4, -0.2) is 28.0 Å². The first-order chi connectivity index (χ1) is 9.00. The van der Waals surface area contributed by atoms with Gasteiger partial charge < -0.3 is 10.2 Å². The molecule has 0 unspecified atom stereocenters. The van der Waals surface area contributed by atoms with Crippen LogP contribution in [0.1, 0.15) is 29.6 Å². The lowest BCUT2D eigenvalue weighted by atomic mass is 10.2. The number of hydrazine groups is 1. The molecule has 1 aromatic rings. The van der Waals surface area contributed by atoms with Crippen molar-refractivity contribution in [2.24, 2.45) is 0 Å². The average Bonchev–Trinajstić information content (AvgIpc) is 2.36. The van der Waals surface area contributed by atoms with E-state index in [1.54, 1.807) is 12.1 Å². The van der Waals surface area contributed by atoms with E-state index in [0.29, 0.717) is 0 Å². The van der Waals surface area contributed by atoms with Crippen LogP contribution >= 0.6 is 0 Å². The zero-order valence-electron chi connectivity index (χ0n) is 10.0. The van der Waals surface area contributed by atoms with E-state index in [9.17, 15) is 19.5 Å². The molecule has 2 amide bonds. The highest BCUT2D eigenvalue weighted by Gasteiger charge is 2.11. The first-order valence-electron chi connectivity index (χ1n) is 5.59. The van der Waals surface area contributed by atoms with E-state index in [0.717, 1.165) is 0 Å². The van der Waals surface area contributed by atoms with Gasteiger partial charge in [0.2, 0.25) is 5.91 Å². The highest BCUT2D eigenvalue weighted by Crippen LogP contribution is 2.14. The molecule has 19 heavy (non-hydrogen) atoms. The second-order valence-electron chi connectivity index (χ2n) is 3.77. The Kier molecular flexibility index (Phi) is 5.34. The third-order valence-electron chi connectivity index (χ3n) is 2.26. The normalized spacial score (nSPS) is 9.68. The lowest BCUT2D eigenvalue weighted by Crippen LogP contribution is -2.41. The molecular formula is C12H14N2O5. The smallest absolute Gasteiger partial charge is 0.303 e. The van der Waals surface area contributed by atoms with Gasteiger partial charge in [0.15, 0.2) is 0 Å². The molecule has 0 heterocycles. The van der Waals surface area contributed by atoms with E-state index < -0.39 is 17.8 Å².